The first-order valence-corrected chi connectivity index (χ1v) is 5.49. The molecule has 2 nitrogen and oxygen atoms in total. The molecule has 0 spiro atoms. The zero-order valence-corrected chi connectivity index (χ0v) is 8.76. The molecule has 0 amide bonds. The lowest BCUT2D eigenvalue weighted by atomic mass is 9.87. The van der Waals surface area contributed by atoms with Crippen molar-refractivity contribution in [1.29, 1.82) is 0 Å². The Morgan fingerprint density at radius 1 is 1.31 bits per heavy atom. The monoisotopic (exact) mass is 182 g/mol. The van der Waals surface area contributed by atoms with Gasteiger partial charge in [-0.25, -0.2) is 0 Å². The van der Waals surface area contributed by atoms with Crippen LogP contribution in [0.4, 0.5) is 0 Å². The van der Waals surface area contributed by atoms with E-state index in [4.69, 9.17) is 0 Å². The highest BCUT2D eigenvalue weighted by atomic mass is 14.9. The minimum atomic E-state index is 0.779. The highest BCUT2D eigenvalue weighted by Gasteiger charge is 2.16. The first-order chi connectivity index (χ1) is 6.33. The molecular formula is C11H22N2. The molecule has 2 heteroatoms. The van der Waals surface area contributed by atoms with E-state index in [1.54, 1.807) is 0 Å². The minimum absolute atomic E-state index is 0.779. The minimum Gasteiger partial charge on any atom is -0.314 e. The molecule has 1 aliphatic rings. The molecule has 0 aromatic rings. The van der Waals surface area contributed by atoms with E-state index in [0.29, 0.717) is 0 Å². The van der Waals surface area contributed by atoms with Gasteiger partial charge in [-0.2, -0.15) is 0 Å². The van der Waals surface area contributed by atoms with Gasteiger partial charge in [0.15, 0.2) is 0 Å². The van der Waals surface area contributed by atoms with E-state index in [1.807, 2.05) is 0 Å². The normalized spacial score (nSPS) is 28.7. The molecule has 1 fully saturated rings. The van der Waals surface area contributed by atoms with Crippen LogP contribution in [-0.4, -0.2) is 25.8 Å². The second-order valence-corrected chi connectivity index (χ2v) is 4.21. The fourth-order valence-electron chi connectivity index (χ4n) is 1.96. The maximum absolute atomic E-state index is 3.84. The maximum Gasteiger partial charge on any atom is 0.0394 e. The summed E-state index contributed by atoms with van der Waals surface area (Å²) >= 11 is 0. The third-order valence-electron chi connectivity index (χ3n) is 2.94. The molecule has 0 saturated heterocycles. The van der Waals surface area contributed by atoms with Gasteiger partial charge in [0.25, 0.3) is 0 Å². The van der Waals surface area contributed by atoms with Gasteiger partial charge in [0.2, 0.25) is 0 Å². The Morgan fingerprint density at radius 3 is 2.62 bits per heavy atom. The lowest BCUT2D eigenvalue weighted by Crippen LogP contribution is -2.33. The van der Waals surface area contributed by atoms with Gasteiger partial charge >= 0.3 is 0 Å². The predicted molar refractivity (Wildman–Crippen MR) is 58.5 cm³/mol. The summed E-state index contributed by atoms with van der Waals surface area (Å²) in [7, 11) is 0. The number of nitrogens with zero attached hydrogens (tertiary/aromatic N) is 1. The molecule has 0 aromatic heterocycles. The lowest BCUT2D eigenvalue weighted by Gasteiger charge is -2.26. The average Bonchev–Trinajstić information content (AvgIpc) is 2.15. The van der Waals surface area contributed by atoms with Crippen molar-refractivity contribution in [2.24, 2.45) is 10.9 Å². The smallest absolute Gasteiger partial charge is 0.0394 e. The van der Waals surface area contributed by atoms with Gasteiger partial charge in [0.1, 0.15) is 0 Å². The number of rotatable bonds is 5. The molecule has 0 bridgehead atoms. The van der Waals surface area contributed by atoms with Gasteiger partial charge < -0.3 is 10.3 Å². The van der Waals surface area contributed by atoms with Gasteiger partial charge in [0, 0.05) is 12.6 Å². The van der Waals surface area contributed by atoms with Crippen molar-refractivity contribution in [3.63, 3.8) is 0 Å². The zero-order valence-electron chi connectivity index (χ0n) is 8.76. The summed E-state index contributed by atoms with van der Waals surface area (Å²) in [6.07, 6.45) is 6.66. The molecule has 0 unspecified atom stereocenters. The SMILES string of the molecule is C=NCCCNC1CCC(C)CC1. The molecule has 0 radical (unpaired) electrons. The van der Waals surface area contributed by atoms with E-state index < -0.39 is 0 Å². The van der Waals surface area contributed by atoms with Gasteiger partial charge in [-0.3, -0.25) is 0 Å². The van der Waals surface area contributed by atoms with Crippen LogP contribution in [0.1, 0.15) is 39.0 Å². The highest BCUT2D eigenvalue weighted by Crippen LogP contribution is 2.23. The maximum atomic E-state index is 3.84. The number of hydrogen-bond donors (Lipinski definition) is 1. The van der Waals surface area contributed by atoms with Crippen LogP contribution >= 0.6 is 0 Å². The largest absolute Gasteiger partial charge is 0.314 e. The Bertz CT molecular complexity index is 137. The van der Waals surface area contributed by atoms with Crippen molar-refractivity contribution in [3.05, 3.63) is 0 Å². The predicted octanol–water partition coefficient (Wildman–Crippen LogP) is 2.25. The van der Waals surface area contributed by atoms with Crippen LogP contribution in [0.2, 0.25) is 0 Å². The summed E-state index contributed by atoms with van der Waals surface area (Å²) in [5.74, 6) is 0.952. The van der Waals surface area contributed by atoms with Gasteiger partial charge in [-0.05, 0) is 51.3 Å². The van der Waals surface area contributed by atoms with E-state index in [2.05, 4.69) is 24.0 Å². The Labute approximate surface area is 81.8 Å². The number of aliphatic imine (C=N–C) groups is 1. The Morgan fingerprint density at radius 2 is 2.00 bits per heavy atom. The molecule has 0 heterocycles. The van der Waals surface area contributed by atoms with Crippen molar-refractivity contribution >= 4 is 6.72 Å². The van der Waals surface area contributed by atoms with Crippen LogP contribution in [0, 0.1) is 5.92 Å². The first-order valence-electron chi connectivity index (χ1n) is 5.49. The van der Waals surface area contributed by atoms with Crippen molar-refractivity contribution < 1.29 is 0 Å². The molecule has 0 atom stereocenters. The third-order valence-corrected chi connectivity index (χ3v) is 2.94. The summed E-state index contributed by atoms with van der Waals surface area (Å²) in [4.78, 5) is 3.84. The van der Waals surface area contributed by atoms with Crippen LogP contribution in [0.3, 0.4) is 0 Å². The number of nitrogens with one attached hydrogen (secondary N) is 1. The third kappa shape index (κ3) is 4.41. The summed E-state index contributed by atoms with van der Waals surface area (Å²) in [6, 6.07) is 0.779. The summed E-state index contributed by atoms with van der Waals surface area (Å²) in [6.45, 7) is 7.84. The summed E-state index contributed by atoms with van der Waals surface area (Å²) in [5, 5.41) is 3.59. The van der Waals surface area contributed by atoms with Gasteiger partial charge in [0.05, 0.1) is 0 Å². The van der Waals surface area contributed by atoms with E-state index in [-0.39, 0.29) is 0 Å². The Kier molecular flexibility index (Phi) is 5.06. The lowest BCUT2D eigenvalue weighted by molar-refractivity contribution is 0.308. The van der Waals surface area contributed by atoms with Crippen molar-refractivity contribution in [1.82, 2.24) is 5.32 Å². The van der Waals surface area contributed by atoms with Gasteiger partial charge in [-0.1, -0.05) is 6.92 Å². The van der Waals surface area contributed by atoms with Crippen LogP contribution in [0.25, 0.3) is 0 Å². The van der Waals surface area contributed by atoms with Gasteiger partial charge in [-0.15, -0.1) is 0 Å². The number of hydrogen-bond acceptors (Lipinski definition) is 2. The van der Waals surface area contributed by atoms with E-state index in [1.165, 1.54) is 25.7 Å². The van der Waals surface area contributed by atoms with E-state index >= 15 is 0 Å². The highest BCUT2D eigenvalue weighted by molar-refractivity contribution is 5.22. The van der Waals surface area contributed by atoms with Crippen molar-refractivity contribution in [3.8, 4) is 0 Å². The average molecular weight is 182 g/mol. The fourth-order valence-corrected chi connectivity index (χ4v) is 1.96. The van der Waals surface area contributed by atoms with Crippen LogP contribution < -0.4 is 5.32 Å². The van der Waals surface area contributed by atoms with Crippen LogP contribution in [0.5, 0.6) is 0 Å². The van der Waals surface area contributed by atoms with Crippen LogP contribution in [0.15, 0.2) is 4.99 Å². The van der Waals surface area contributed by atoms with Crippen molar-refractivity contribution in [2.75, 3.05) is 13.1 Å². The summed E-state index contributed by atoms with van der Waals surface area (Å²) in [5.41, 5.74) is 0. The van der Waals surface area contributed by atoms with Crippen LogP contribution in [-0.2, 0) is 0 Å². The molecule has 76 valence electrons. The summed E-state index contributed by atoms with van der Waals surface area (Å²) < 4.78 is 0. The van der Waals surface area contributed by atoms with Crippen molar-refractivity contribution in [2.45, 2.75) is 45.1 Å². The quantitative estimate of drug-likeness (QED) is 0.512. The molecule has 1 rings (SSSR count). The topological polar surface area (TPSA) is 24.4 Å². The molecule has 1 aliphatic carbocycles. The molecule has 0 aromatic carbocycles. The first kappa shape index (κ1) is 10.7. The second kappa shape index (κ2) is 6.14. The standard InChI is InChI=1S/C11H22N2/c1-10-4-6-11(7-5-10)13-9-3-8-12-2/h10-11,13H,2-9H2,1H3. The molecule has 13 heavy (non-hydrogen) atoms. The fraction of sp³-hybridized carbons (Fsp3) is 0.909. The Balaban J connectivity index is 1.99. The zero-order chi connectivity index (χ0) is 9.52. The Hall–Kier alpha value is -0.370. The second-order valence-electron chi connectivity index (χ2n) is 4.21. The van der Waals surface area contributed by atoms with E-state index in [9.17, 15) is 0 Å². The van der Waals surface area contributed by atoms with E-state index in [0.717, 1.165) is 31.5 Å². The molecule has 1 saturated carbocycles. The molecule has 1 N–H and O–H groups in total. The molecule has 0 aliphatic heterocycles. The molecular weight excluding hydrogens is 160 g/mol.